The Morgan fingerprint density at radius 3 is 2.48 bits per heavy atom. The Balaban J connectivity index is 2.38. The van der Waals surface area contributed by atoms with Crippen LogP contribution < -0.4 is 0 Å². The Morgan fingerprint density at radius 1 is 1.26 bits per heavy atom. The molecule has 1 aliphatic rings. The maximum Gasteiger partial charge on any atom is 0.0810 e. The predicted octanol–water partition coefficient (Wildman–Crippen LogP) is 6.03. The summed E-state index contributed by atoms with van der Waals surface area (Å²) < 4.78 is 12.9. The molecule has 1 aliphatic carbocycles. The second kappa shape index (κ2) is 7.44. The molecule has 0 spiro atoms. The molecular formula is C21H28OS. The summed E-state index contributed by atoms with van der Waals surface area (Å²) >= 11 is 0. The van der Waals surface area contributed by atoms with Crippen LogP contribution in [0, 0.1) is 11.3 Å². The van der Waals surface area contributed by atoms with Crippen molar-refractivity contribution in [3.8, 4) is 0 Å². The first kappa shape index (κ1) is 17.9. The van der Waals surface area contributed by atoms with Crippen molar-refractivity contribution in [2.24, 2.45) is 11.3 Å². The first-order valence-electron chi connectivity index (χ1n) is 8.40. The van der Waals surface area contributed by atoms with E-state index in [1.54, 1.807) is 0 Å². The van der Waals surface area contributed by atoms with Crippen LogP contribution in [0.15, 0.2) is 70.0 Å². The number of allylic oxidation sites excluding steroid dienone is 5. The van der Waals surface area contributed by atoms with Gasteiger partial charge in [-0.1, -0.05) is 64.1 Å². The van der Waals surface area contributed by atoms with Crippen molar-refractivity contribution >= 4 is 10.8 Å². The van der Waals surface area contributed by atoms with E-state index in [1.807, 2.05) is 30.3 Å². The minimum atomic E-state index is -1.10. The Labute approximate surface area is 143 Å². The van der Waals surface area contributed by atoms with Crippen LogP contribution in [0.2, 0.25) is 0 Å². The summed E-state index contributed by atoms with van der Waals surface area (Å²) in [4.78, 5) is 1.84. The summed E-state index contributed by atoms with van der Waals surface area (Å²) in [7, 11) is -1.10. The van der Waals surface area contributed by atoms with Gasteiger partial charge >= 0.3 is 0 Å². The van der Waals surface area contributed by atoms with Gasteiger partial charge in [-0.05, 0) is 54.4 Å². The highest BCUT2D eigenvalue weighted by molar-refractivity contribution is 7.89. The van der Waals surface area contributed by atoms with Crippen molar-refractivity contribution in [1.29, 1.82) is 0 Å². The second-order valence-corrected chi connectivity index (χ2v) is 8.71. The molecule has 1 aromatic carbocycles. The number of hydrogen-bond donors (Lipinski definition) is 0. The highest BCUT2D eigenvalue weighted by Crippen LogP contribution is 2.42. The smallest absolute Gasteiger partial charge is 0.0810 e. The Kier molecular flexibility index (Phi) is 5.80. The van der Waals surface area contributed by atoms with Gasteiger partial charge in [0, 0.05) is 9.80 Å². The Bertz CT molecular complexity index is 648. The third-order valence-corrected chi connectivity index (χ3v) is 6.28. The first-order valence-corrected chi connectivity index (χ1v) is 9.55. The van der Waals surface area contributed by atoms with Crippen LogP contribution in [0.1, 0.15) is 47.0 Å². The molecular weight excluding hydrogens is 300 g/mol. The van der Waals surface area contributed by atoms with Crippen molar-refractivity contribution in [2.75, 3.05) is 0 Å². The minimum absolute atomic E-state index is 0.155. The van der Waals surface area contributed by atoms with E-state index < -0.39 is 10.8 Å². The van der Waals surface area contributed by atoms with Crippen molar-refractivity contribution in [2.45, 2.75) is 51.9 Å². The number of benzene rings is 1. The zero-order valence-corrected chi connectivity index (χ0v) is 15.6. The van der Waals surface area contributed by atoms with Crippen LogP contribution in [-0.4, -0.2) is 4.21 Å². The van der Waals surface area contributed by atoms with Gasteiger partial charge in [0.05, 0.1) is 10.8 Å². The van der Waals surface area contributed by atoms with Gasteiger partial charge < -0.3 is 0 Å². The molecule has 1 aromatic rings. The zero-order chi connectivity index (χ0) is 17.0. The summed E-state index contributed by atoms with van der Waals surface area (Å²) in [5.74, 6) is 0.243. The van der Waals surface area contributed by atoms with E-state index >= 15 is 0 Å². The fourth-order valence-corrected chi connectivity index (χ4v) is 4.45. The molecule has 1 unspecified atom stereocenters. The Morgan fingerprint density at radius 2 is 1.91 bits per heavy atom. The van der Waals surface area contributed by atoms with Crippen LogP contribution in [0.4, 0.5) is 0 Å². The van der Waals surface area contributed by atoms with Gasteiger partial charge in [0.15, 0.2) is 0 Å². The van der Waals surface area contributed by atoms with E-state index in [0.717, 1.165) is 16.2 Å². The summed E-state index contributed by atoms with van der Waals surface area (Å²) in [6.07, 6.45) is 7.70. The van der Waals surface area contributed by atoms with E-state index in [-0.39, 0.29) is 11.3 Å². The lowest BCUT2D eigenvalue weighted by molar-refractivity contribution is 0.371. The highest BCUT2D eigenvalue weighted by atomic mass is 32.2. The topological polar surface area (TPSA) is 17.1 Å². The molecule has 23 heavy (non-hydrogen) atoms. The molecule has 1 atom stereocenters. The third kappa shape index (κ3) is 4.32. The maximum atomic E-state index is 12.9. The zero-order valence-electron chi connectivity index (χ0n) is 14.8. The molecule has 0 bridgehead atoms. The Hall–Kier alpha value is -1.41. The van der Waals surface area contributed by atoms with E-state index in [4.69, 9.17) is 0 Å². The van der Waals surface area contributed by atoms with E-state index in [1.165, 1.54) is 24.0 Å². The molecule has 1 saturated carbocycles. The van der Waals surface area contributed by atoms with E-state index in [9.17, 15) is 4.21 Å². The fraction of sp³-hybridized carbons (Fsp3) is 0.429. The lowest BCUT2D eigenvalue weighted by Gasteiger charge is -2.34. The lowest BCUT2D eigenvalue weighted by Crippen LogP contribution is -2.20. The molecule has 0 aromatic heterocycles. The average molecular weight is 329 g/mol. The predicted molar refractivity (Wildman–Crippen MR) is 101 cm³/mol. The summed E-state index contributed by atoms with van der Waals surface area (Å²) in [6, 6.07) is 9.70. The molecule has 0 heterocycles. The molecule has 2 heteroatoms. The van der Waals surface area contributed by atoms with Crippen molar-refractivity contribution in [3.63, 3.8) is 0 Å². The van der Waals surface area contributed by atoms with Gasteiger partial charge in [-0.15, -0.1) is 0 Å². The summed E-state index contributed by atoms with van der Waals surface area (Å²) in [6.45, 7) is 13.0. The molecule has 0 N–H and O–H groups in total. The number of hydrogen-bond acceptors (Lipinski definition) is 1. The van der Waals surface area contributed by atoms with Gasteiger partial charge in [0.2, 0.25) is 0 Å². The van der Waals surface area contributed by atoms with Crippen LogP contribution in [-0.2, 0) is 10.8 Å². The molecule has 124 valence electrons. The fourth-order valence-electron chi connectivity index (χ4n) is 3.15. The minimum Gasteiger partial charge on any atom is -0.249 e. The molecule has 0 aliphatic heterocycles. The van der Waals surface area contributed by atoms with Crippen molar-refractivity contribution < 1.29 is 4.21 Å². The quantitative estimate of drug-likeness (QED) is 0.660. The van der Waals surface area contributed by atoms with E-state index in [0.29, 0.717) is 0 Å². The second-order valence-electron chi connectivity index (χ2n) is 7.23. The molecule has 1 nitrogen and oxygen atoms in total. The van der Waals surface area contributed by atoms with E-state index in [2.05, 4.69) is 46.4 Å². The van der Waals surface area contributed by atoms with Gasteiger partial charge in [-0.2, -0.15) is 0 Å². The third-order valence-electron chi connectivity index (χ3n) is 4.55. The summed E-state index contributed by atoms with van der Waals surface area (Å²) in [5.41, 5.74) is 2.69. The van der Waals surface area contributed by atoms with Gasteiger partial charge in [-0.25, -0.2) is 4.21 Å². The monoisotopic (exact) mass is 328 g/mol. The normalized spacial score (nSPS) is 21.7. The molecule has 0 radical (unpaired) electrons. The van der Waals surface area contributed by atoms with Crippen LogP contribution in [0.5, 0.6) is 0 Å². The van der Waals surface area contributed by atoms with Gasteiger partial charge in [-0.3, -0.25) is 0 Å². The molecule has 0 amide bonds. The van der Waals surface area contributed by atoms with Crippen LogP contribution >= 0.6 is 0 Å². The highest BCUT2D eigenvalue weighted by Gasteiger charge is 2.28. The van der Waals surface area contributed by atoms with Crippen molar-refractivity contribution in [3.05, 3.63) is 65.1 Å². The average Bonchev–Trinajstić information content (AvgIpc) is 2.50. The van der Waals surface area contributed by atoms with Crippen LogP contribution in [0.25, 0.3) is 0 Å². The molecule has 2 rings (SSSR count). The lowest BCUT2D eigenvalue weighted by atomic mass is 9.71. The largest absolute Gasteiger partial charge is 0.249 e. The van der Waals surface area contributed by atoms with Gasteiger partial charge in [0.1, 0.15) is 0 Å². The molecule has 0 saturated heterocycles. The molecule has 1 fully saturated rings. The van der Waals surface area contributed by atoms with Crippen LogP contribution in [0.3, 0.4) is 0 Å². The SMILES string of the molecule is C=C1CCCC(C)(C)/C1=C/C=C(\C(C)C)S(=O)c1ccccc1. The number of rotatable bonds is 4. The maximum absolute atomic E-state index is 12.9. The van der Waals surface area contributed by atoms with Crippen molar-refractivity contribution in [1.82, 2.24) is 0 Å². The summed E-state index contributed by atoms with van der Waals surface area (Å²) in [5, 5.41) is 0. The standard InChI is InChI=1S/C21H28OS/c1-16(2)20(23(22)18-11-7-6-8-12-18)14-13-19-17(3)10-9-15-21(19,4)5/h6-8,11-14,16H,3,9-10,15H2,1-2,4-5H3/b19-13+,20-14+. The van der Waals surface area contributed by atoms with Gasteiger partial charge in [0.25, 0.3) is 0 Å². The first-order chi connectivity index (χ1) is 10.8.